The van der Waals surface area contributed by atoms with Crippen LogP contribution in [0.2, 0.25) is 0 Å². The molecule has 1 aromatic rings. The average molecular weight is 302 g/mol. The first-order valence-corrected chi connectivity index (χ1v) is 6.94. The lowest BCUT2D eigenvalue weighted by Crippen LogP contribution is -2.48. The smallest absolute Gasteiger partial charge is 0.239 e. The van der Waals surface area contributed by atoms with Gasteiger partial charge in [0.05, 0.1) is 12.6 Å². The maximum Gasteiger partial charge on any atom is 0.239 e. The Morgan fingerprint density at radius 3 is 2.32 bits per heavy atom. The SMILES string of the molecule is CC1=C(C(C)NC(=O)[C@@H](N)CO)C(=O)c2ccccc2C1=O. The number of benzene rings is 1. The number of aliphatic hydroxyl groups excluding tert-OH is 1. The van der Waals surface area contributed by atoms with E-state index in [1.807, 2.05) is 0 Å². The van der Waals surface area contributed by atoms with Crippen molar-refractivity contribution in [1.82, 2.24) is 5.32 Å². The minimum absolute atomic E-state index is 0.224. The zero-order valence-corrected chi connectivity index (χ0v) is 12.4. The molecule has 0 aromatic heterocycles. The Balaban J connectivity index is 2.35. The van der Waals surface area contributed by atoms with E-state index >= 15 is 0 Å². The van der Waals surface area contributed by atoms with Crippen LogP contribution in [0.4, 0.5) is 0 Å². The Morgan fingerprint density at radius 1 is 1.23 bits per heavy atom. The standard InChI is InChI=1S/C16H18N2O4/c1-8-13(9(2)18-16(22)12(17)7-19)15(21)11-6-4-3-5-10(11)14(8)20/h3-6,9,12,19H,7,17H2,1-2H3,(H,18,22)/t9?,12-/m0/s1. The maximum absolute atomic E-state index is 12.6. The molecule has 22 heavy (non-hydrogen) atoms. The van der Waals surface area contributed by atoms with Crippen LogP contribution < -0.4 is 11.1 Å². The molecule has 1 aromatic carbocycles. The van der Waals surface area contributed by atoms with Gasteiger partial charge in [0.2, 0.25) is 5.91 Å². The number of carbonyl (C=O) groups is 3. The van der Waals surface area contributed by atoms with Crippen molar-refractivity contribution in [3.63, 3.8) is 0 Å². The summed E-state index contributed by atoms with van der Waals surface area (Å²) >= 11 is 0. The minimum atomic E-state index is -1.06. The summed E-state index contributed by atoms with van der Waals surface area (Å²) < 4.78 is 0. The van der Waals surface area contributed by atoms with Crippen LogP contribution in [0, 0.1) is 0 Å². The lowest BCUT2D eigenvalue weighted by Gasteiger charge is -2.24. The van der Waals surface area contributed by atoms with E-state index in [2.05, 4.69) is 5.32 Å². The molecule has 0 saturated heterocycles. The van der Waals surface area contributed by atoms with Crippen LogP contribution in [0.5, 0.6) is 0 Å². The molecule has 2 rings (SSSR count). The number of rotatable bonds is 4. The van der Waals surface area contributed by atoms with Crippen LogP contribution in [0.25, 0.3) is 0 Å². The summed E-state index contributed by atoms with van der Waals surface area (Å²) in [5, 5.41) is 11.4. The predicted molar refractivity (Wildman–Crippen MR) is 80.5 cm³/mol. The number of ketones is 2. The molecule has 0 radical (unpaired) electrons. The van der Waals surface area contributed by atoms with Crippen LogP contribution >= 0.6 is 0 Å². The first-order valence-electron chi connectivity index (χ1n) is 6.94. The normalized spacial score (nSPS) is 17.1. The highest BCUT2D eigenvalue weighted by Gasteiger charge is 2.33. The number of hydrogen-bond donors (Lipinski definition) is 3. The van der Waals surface area contributed by atoms with Gasteiger partial charge in [0, 0.05) is 22.3 Å². The molecule has 0 heterocycles. The summed E-state index contributed by atoms with van der Waals surface area (Å²) in [5.41, 5.74) is 6.71. The summed E-state index contributed by atoms with van der Waals surface area (Å²) in [5.74, 6) is -1.08. The first kappa shape index (κ1) is 16.1. The summed E-state index contributed by atoms with van der Waals surface area (Å²) in [6.45, 7) is 2.69. The second kappa shape index (κ2) is 6.21. The third-order valence-electron chi connectivity index (χ3n) is 3.73. The van der Waals surface area contributed by atoms with E-state index in [4.69, 9.17) is 10.8 Å². The molecule has 6 heteroatoms. The number of nitrogens with one attached hydrogen (secondary N) is 1. The first-order chi connectivity index (χ1) is 10.4. The van der Waals surface area contributed by atoms with Crippen LogP contribution in [-0.2, 0) is 4.79 Å². The van der Waals surface area contributed by atoms with Gasteiger partial charge in [0.25, 0.3) is 0 Å². The van der Waals surface area contributed by atoms with E-state index < -0.39 is 24.6 Å². The lowest BCUT2D eigenvalue weighted by atomic mass is 9.82. The molecular weight excluding hydrogens is 284 g/mol. The Morgan fingerprint density at radius 2 is 1.77 bits per heavy atom. The van der Waals surface area contributed by atoms with Crippen molar-refractivity contribution in [2.75, 3.05) is 6.61 Å². The van der Waals surface area contributed by atoms with Gasteiger partial charge in [-0.05, 0) is 13.8 Å². The van der Waals surface area contributed by atoms with Gasteiger partial charge in [-0.3, -0.25) is 14.4 Å². The number of hydrogen-bond acceptors (Lipinski definition) is 5. The minimum Gasteiger partial charge on any atom is -0.394 e. The van der Waals surface area contributed by atoms with Crippen molar-refractivity contribution in [1.29, 1.82) is 0 Å². The summed E-state index contributed by atoms with van der Waals surface area (Å²) in [6.07, 6.45) is 0. The fraction of sp³-hybridized carbons (Fsp3) is 0.312. The van der Waals surface area contributed by atoms with Gasteiger partial charge in [0.15, 0.2) is 11.6 Å². The zero-order chi connectivity index (χ0) is 16.4. The van der Waals surface area contributed by atoms with E-state index in [0.29, 0.717) is 16.7 Å². The molecule has 0 bridgehead atoms. The Hall–Kier alpha value is -2.31. The van der Waals surface area contributed by atoms with E-state index in [-0.39, 0.29) is 17.1 Å². The average Bonchev–Trinajstić information content (AvgIpc) is 2.52. The van der Waals surface area contributed by atoms with Gasteiger partial charge in [-0.1, -0.05) is 24.3 Å². The largest absolute Gasteiger partial charge is 0.394 e. The van der Waals surface area contributed by atoms with E-state index in [0.717, 1.165) is 0 Å². The number of fused-ring (bicyclic) bond motifs is 1. The summed E-state index contributed by atoms with van der Waals surface area (Å²) in [4.78, 5) is 36.7. The molecule has 6 nitrogen and oxygen atoms in total. The van der Waals surface area contributed by atoms with Crippen molar-refractivity contribution in [2.45, 2.75) is 25.9 Å². The van der Waals surface area contributed by atoms with Gasteiger partial charge >= 0.3 is 0 Å². The highest BCUT2D eigenvalue weighted by molar-refractivity contribution is 6.27. The van der Waals surface area contributed by atoms with E-state index in [9.17, 15) is 14.4 Å². The Labute approximate surface area is 128 Å². The second-order valence-corrected chi connectivity index (χ2v) is 5.26. The quantitative estimate of drug-likeness (QED) is 0.736. The van der Waals surface area contributed by atoms with Crippen molar-refractivity contribution in [3.05, 3.63) is 46.5 Å². The lowest BCUT2D eigenvalue weighted by molar-refractivity contribution is -0.123. The van der Waals surface area contributed by atoms with Gasteiger partial charge in [-0.2, -0.15) is 0 Å². The van der Waals surface area contributed by atoms with E-state index in [1.165, 1.54) is 0 Å². The van der Waals surface area contributed by atoms with Crippen molar-refractivity contribution < 1.29 is 19.5 Å². The van der Waals surface area contributed by atoms with Gasteiger partial charge < -0.3 is 16.2 Å². The van der Waals surface area contributed by atoms with Crippen molar-refractivity contribution in [3.8, 4) is 0 Å². The molecule has 1 aliphatic carbocycles. The molecule has 1 unspecified atom stereocenters. The molecule has 0 saturated carbocycles. The molecule has 4 N–H and O–H groups in total. The zero-order valence-electron chi connectivity index (χ0n) is 12.4. The Kier molecular flexibility index (Phi) is 4.54. The Bertz CT molecular complexity index is 678. The molecular formula is C16H18N2O4. The van der Waals surface area contributed by atoms with Crippen LogP contribution in [0.15, 0.2) is 35.4 Å². The number of carbonyl (C=O) groups excluding carboxylic acids is 3. The fourth-order valence-corrected chi connectivity index (χ4v) is 2.52. The second-order valence-electron chi connectivity index (χ2n) is 5.26. The molecule has 0 spiro atoms. The van der Waals surface area contributed by atoms with Crippen molar-refractivity contribution >= 4 is 17.5 Å². The van der Waals surface area contributed by atoms with Crippen LogP contribution in [0.1, 0.15) is 34.6 Å². The third-order valence-corrected chi connectivity index (χ3v) is 3.73. The maximum atomic E-state index is 12.6. The number of allylic oxidation sites excluding steroid dienone is 1. The topological polar surface area (TPSA) is 109 Å². The number of aliphatic hydroxyl groups is 1. The van der Waals surface area contributed by atoms with Gasteiger partial charge in [-0.25, -0.2) is 0 Å². The number of nitrogens with two attached hydrogens (primary N) is 1. The number of amides is 1. The van der Waals surface area contributed by atoms with Crippen LogP contribution in [0.3, 0.4) is 0 Å². The molecule has 1 amide bonds. The monoisotopic (exact) mass is 302 g/mol. The highest BCUT2D eigenvalue weighted by atomic mass is 16.3. The van der Waals surface area contributed by atoms with Gasteiger partial charge in [-0.15, -0.1) is 0 Å². The summed E-state index contributed by atoms with van der Waals surface area (Å²) in [6, 6.07) is 4.86. The number of Topliss-reactive ketones (excluding diaryl/α,β-unsaturated/α-hetero) is 2. The molecule has 0 aliphatic heterocycles. The predicted octanol–water partition coefficient (Wildman–Crippen LogP) is 0.206. The van der Waals surface area contributed by atoms with Crippen LogP contribution in [-0.4, -0.2) is 41.3 Å². The third kappa shape index (κ3) is 2.70. The molecule has 2 atom stereocenters. The summed E-state index contributed by atoms with van der Waals surface area (Å²) in [7, 11) is 0. The fourth-order valence-electron chi connectivity index (χ4n) is 2.52. The van der Waals surface area contributed by atoms with Crippen molar-refractivity contribution in [2.24, 2.45) is 5.73 Å². The molecule has 1 aliphatic rings. The molecule has 0 fully saturated rings. The van der Waals surface area contributed by atoms with E-state index in [1.54, 1.807) is 38.1 Å². The van der Waals surface area contributed by atoms with Gasteiger partial charge in [0.1, 0.15) is 6.04 Å². The molecule has 116 valence electrons. The highest BCUT2D eigenvalue weighted by Crippen LogP contribution is 2.27.